The molecule has 4 aliphatic rings. The van der Waals surface area contributed by atoms with Crippen molar-refractivity contribution in [2.75, 3.05) is 31.6 Å². The number of benzene rings is 3. The minimum absolute atomic E-state index is 0.147. The van der Waals surface area contributed by atoms with Crippen LogP contribution in [0.1, 0.15) is 51.7 Å². The quantitative estimate of drug-likeness (QED) is 0.170. The van der Waals surface area contributed by atoms with E-state index in [4.69, 9.17) is 9.73 Å². The van der Waals surface area contributed by atoms with E-state index in [1.165, 1.54) is 30.8 Å². The van der Waals surface area contributed by atoms with Gasteiger partial charge in [0.25, 0.3) is 5.56 Å². The monoisotopic (exact) mass is 664 g/mol. The number of methoxy groups -OCH3 is 1. The van der Waals surface area contributed by atoms with E-state index in [-0.39, 0.29) is 11.4 Å². The number of fused-ring (bicyclic) bond motifs is 3. The van der Waals surface area contributed by atoms with E-state index in [2.05, 4.69) is 79.0 Å². The highest BCUT2D eigenvalue weighted by Gasteiger charge is 2.56. The van der Waals surface area contributed by atoms with Crippen molar-refractivity contribution in [3.05, 3.63) is 94.3 Å². The second kappa shape index (κ2) is 13.1. The molecule has 1 N–H and O–H groups in total. The number of nitrogens with one attached hydrogen (secondary N) is 1. The van der Waals surface area contributed by atoms with Gasteiger partial charge in [0.1, 0.15) is 11.6 Å². The number of hydrogen-bond donors (Lipinski definition) is 1. The summed E-state index contributed by atoms with van der Waals surface area (Å²) in [6.07, 6.45) is 4.41. The van der Waals surface area contributed by atoms with Gasteiger partial charge in [0.15, 0.2) is 5.96 Å². The minimum Gasteiger partial charge on any atom is -0.497 e. The van der Waals surface area contributed by atoms with Crippen molar-refractivity contribution >= 4 is 28.2 Å². The fraction of sp³-hybridized carbons (Fsp3) is 0.475. The van der Waals surface area contributed by atoms with Crippen molar-refractivity contribution < 1.29 is 9.13 Å². The van der Waals surface area contributed by atoms with Crippen molar-refractivity contribution in [3.8, 4) is 5.75 Å². The number of aryl methyl sites for hydroxylation is 3. The maximum Gasteiger partial charge on any atom is 0.261 e. The lowest BCUT2D eigenvalue weighted by atomic mass is 9.45. The summed E-state index contributed by atoms with van der Waals surface area (Å²) in [5.41, 5.74) is 4.68. The highest BCUT2D eigenvalue weighted by Crippen LogP contribution is 2.61. The van der Waals surface area contributed by atoms with Crippen LogP contribution in [-0.2, 0) is 13.0 Å². The number of aromatic nitrogens is 2. The Balaban J connectivity index is 1.13. The Kier molecular flexibility index (Phi) is 8.88. The van der Waals surface area contributed by atoms with E-state index in [0.717, 1.165) is 49.5 Å². The average molecular weight is 665 g/mol. The van der Waals surface area contributed by atoms with Gasteiger partial charge in [0.05, 0.1) is 30.0 Å². The summed E-state index contributed by atoms with van der Waals surface area (Å²) in [4.78, 5) is 28.2. The minimum atomic E-state index is -0.345. The maximum absolute atomic E-state index is 14.5. The molecule has 5 atom stereocenters. The second-order valence-electron chi connectivity index (χ2n) is 15.1. The molecule has 9 heteroatoms. The molecule has 0 radical (unpaired) electrons. The molecule has 3 aliphatic carbocycles. The average Bonchev–Trinajstić information content (AvgIpc) is 3.09. The zero-order valence-corrected chi connectivity index (χ0v) is 29.6. The van der Waals surface area contributed by atoms with Gasteiger partial charge in [-0.2, -0.15) is 0 Å². The third-order valence-corrected chi connectivity index (χ3v) is 11.9. The number of nitrogens with zero attached hydrogens (tertiary/aromatic N) is 5. The van der Waals surface area contributed by atoms with Crippen LogP contribution in [0, 0.1) is 35.9 Å². The number of anilines is 1. The molecule has 4 aromatic rings. The zero-order valence-electron chi connectivity index (χ0n) is 29.6. The topological polar surface area (TPSA) is 75.0 Å². The van der Waals surface area contributed by atoms with Crippen LogP contribution < -0.4 is 20.5 Å². The summed E-state index contributed by atoms with van der Waals surface area (Å²) >= 11 is 0. The third-order valence-electron chi connectivity index (χ3n) is 11.9. The molecule has 2 bridgehead atoms. The van der Waals surface area contributed by atoms with Crippen molar-refractivity contribution in [2.24, 2.45) is 28.2 Å². The molecule has 8 rings (SSSR count). The molecule has 2 heterocycles. The molecule has 1 saturated heterocycles. The standard InChI is InChI=1S/C40H49FN6O2/c1-25-7-11-31(12-8-25)47-18-17-45(23-26(47)2)39(44-36-20-29-19-34(27(36)3)40(29,4)5)43-30-10-14-33-37(21-30)42-24-46(38(33)48)16-15-28-9-13-32(49-6)22-35(28)41/h7-14,21-22,24,26-27,29,34,36H,15-20,23H2,1-6H3,(H,43,44)/t26?,27-,29-,34-,36?/m1/s1. The van der Waals surface area contributed by atoms with E-state index in [1.807, 2.05) is 18.2 Å². The highest BCUT2D eigenvalue weighted by atomic mass is 19.1. The third kappa shape index (κ3) is 6.40. The lowest BCUT2D eigenvalue weighted by Crippen LogP contribution is -2.63. The van der Waals surface area contributed by atoms with E-state index in [0.29, 0.717) is 58.6 Å². The molecule has 1 aliphatic heterocycles. The summed E-state index contributed by atoms with van der Waals surface area (Å²) in [5, 5.41) is 4.47. The molecular weight excluding hydrogens is 615 g/mol. The first-order chi connectivity index (χ1) is 23.5. The molecule has 4 fully saturated rings. The largest absolute Gasteiger partial charge is 0.497 e. The van der Waals surface area contributed by atoms with Crippen LogP contribution in [0.25, 0.3) is 10.9 Å². The predicted molar refractivity (Wildman–Crippen MR) is 195 cm³/mol. The second-order valence-corrected chi connectivity index (χ2v) is 15.1. The zero-order chi connectivity index (χ0) is 34.4. The van der Waals surface area contributed by atoms with E-state index >= 15 is 0 Å². The van der Waals surface area contributed by atoms with Gasteiger partial charge in [-0.25, -0.2) is 14.4 Å². The number of ether oxygens (including phenoxy) is 1. The lowest BCUT2D eigenvalue weighted by molar-refractivity contribution is -0.112. The molecule has 3 saturated carbocycles. The van der Waals surface area contributed by atoms with Crippen molar-refractivity contribution in [3.63, 3.8) is 0 Å². The maximum atomic E-state index is 14.5. The van der Waals surface area contributed by atoms with Crippen molar-refractivity contribution in [1.29, 1.82) is 0 Å². The Morgan fingerprint density at radius 2 is 1.86 bits per heavy atom. The van der Waals surface area contributed by atoms with Gasteiger partial charge in [-0.3, -0.25) is 9.36 Å². The Morgan fingerprint density at radius 1 is 1.06 bits per heavy atom. The Hall–Kier alpha value is -4.40. The van der Waals surface area contributed by atoms with Crippen molar-refractivity contribution in [1.82, 2.24) is 19.8 Å². The summed E-state index contributed by atoms with van der Waals surface area (Å²) in [5.74, 6) is 3.03. The molecule has 258 valence electrons. The van der Waals surface area contributed by atoms with Gasteiger partial charge in [-0.15, -0.1) is 0 Å². The van der Waals surface area contributed by atoms with Crippen LogP contribution in [-0.4, -0.2) is 59.2 Å². The van der Waals surface area contributed by atoms with Crippen LogP contribution in [0.4, 0.5) is 15.8 Å². The Bertz CT molecular complexity index is 1920. The normalized spacial score (nSPS) is 24.9. The summed E-state index contributed by atoms with van der Waals surface area (Å²) in [6.45, 7) is 14.6. The van der Waals surface area contributed by atoms with Gasteiger partial charge in [0, 0.05) is 50.0 Å². The van der Waals surface area contributed by atoms with Crippen LogP contribution in [0.5, 0.6) is 5.75 Å². The Morgan fingerprint density at radius 3 is 2.55 bits per heavy atom. The molecule has 0 spiro atoms. The summed E-state index contributed by atoms with van der Waals surface area (Å²) in [6, 6.07) is 19.9. The predicted octanol–water partition coefficient (Wildman–Crippen LogP) is 6.95. The van der Waals surface area contributed by atoms with Gasteiger partial charge in [0.2, 0.25) is 0 Å². The van der Waals surface area contributed by atoms with Crippen LogP contribution in [0.3, 0.4) is 0 Å². The van der Waals surface area contributed by atoms with E-state index < -0.39 is 0 Å². The van der Waals surface area contributed by atoms with E-state index in [1.54, 1.807) is 23.0 Å². The van der Waals surface area contributed by atoms with Crippen LogP contribution in [0.2, 0.25) is 0 Å². The van der Waals surface area contributed by atoms with Crippen molar-refractivity contribution in [2.45, 2.75) is 72.5 Å². The molecule has 3 aromatic carbocycles. The number of aliphatic imine (C=N–C) groups is 1. The van der Waals surface area contributed by atoms with Crippen LogP contribution in [0.15, 0.2) is 76.8 Å². The number of hydrogen-bond acceptors (Lipinski definition) is 5. The molecule has 0 amide bonds. The molecule has 1 aromatic heterocycles. The lowest BCUT2D eigenvalue weighted by Gasteiger charge is -2.62. The SMILES string of the molecule is COc1ccc(CCn2cnc3cc(N=C(NC4C[C@H]5C[C@H]([C@H]4C)C5(C)C)N4CCN(c5ccc(C)cc5)C(C)C4)ccc3c2=O)c(F)c1. The van der Waals surface area contributed by atoms with E-state index in [9.17, 15) is 9.18 Å². The number of rotatable bonds is 7. The summed E-state index contributed by atoms with van der Waals surface area (Å²) in [7, 11) is 1.51. The first-order valence-electron chi connectivity index (χ1n) is 17.8. The summed E-state index contributed by atoms with van der Waals surface area (Å²) < 4.78 is 21.2. The first-order valence-corrected chi connectivity index (χ1v) is 17.8. The van der Waals surface area contributed by atoms with Gasteiger partial charge >= 0.3 is 0 Å². The fourth-order valence-electron chi connectivity index (χ4n) is 8.57. The smallest absolute Gasteiger partial charge is 0.261 e. The fourth-order valence-corrected chi connectivity index (χ4v) is 8.57. The number of guanidine groups is 1. The molecule has 8 nitrogen and oxygen atoms in total. The van der Waals surface area contributed by atoms with Crippen LogP contribution >= 0.6 is 0 Å². The molecular formula is C40H49FN6O2. The van der Waals surface area contributed by atoms with Gasteiger partial charge < -0.3 is 19.9 Å². The molecule has 2 unspecified atom stereocenters. The van der Waals surface area contributed by atoms with Gasteiger partial charge in [-0.1, -0.05) is 44.5 Å². The first kappa shape index (κ1) is 33.1. The Labute approximate surface area is 289 Å². The van der Waals surface area contributed by atoms with Gasteiger partial charge in [-0.05, 0) is 98.2 Å². The number of halogens is 1. The highest BCUT2D eigenvalue weighted by molar-refractivity contribution is 5.86. The number of piperazine rings is 1. The molecule has 49 heavy (non-hydrogen) atoms.